The zero-order valence-electron chi connectivity index (χ0n) is 12.9. The van der Waals surface area contributed by atoms with Crippen LogP contribution in [-0.2, 0) is 21.2 Å². The van der Waals surface area contributed by atoms with Crippen molar-refractivity contribution in [3.63, 3.8) is 0 Å². The number of halogens is 1. The van der Waals surface area contributed by atoms with Gasteiger partial charge in [-0.25, -0.2) is 8.42 Å². The Morgan fingerprint density at radius 1 is 1.25 bits per heavy atom. The lowest BCUT2D eigenvalue weighted by molar-refractivity contribution is -0.118. The number of amidine groups is 1. The number of sulfone groups is 1. The minimum Gasteiger partial charge on any atom is -0.342 e. The lowest BCUT2D eigenvalue weighted by Gasteiger charge is -2.24. The summed E-state index contributed by atoms with van der Waals surface area (Å²) < 4.78 is 23.9. The van der Waals surface area contributed by atoms with Crippen LogP contribution in [0.25, 0.3) is 0 Å². The average Bonchev–Trinajstić information content (AvgIpc) is 3.26. The normalized spacial score (nSPS) is 29.9. The number of thioether (sulfide) groups is 1. The van der Waals surface area contributed by atoms with Gasteiger partial charge in [0.1, 0.15) is 0 Å². The third-order valence-electron chi connectivity index (χ3n) is 4.57. The Hall–Kier alpha value is -1.05. The van der Waals surface area contributed by atoms with E-state index in [1.165, 1.54) is 11.8 Å². The van der Waals surface area contributed by atoms with E-state index < -0.39 is 9.84 Å². The maximum absolute atomic E-state index is 12.1. The highest BCUT2D eigenvalue weighted by Gasteiger charge is 2.49. The van der Waals surface area contributed by atoms with Crippen molar-refractivity contribution < 1.29 is 13.2 Å². The molecule has 3 aliphatic rings. The number of amides is 1. The predicted molar refractivity (Wildman–Crippen MR) is 96.0 cm³/mol. The first kappa shape index (κ1) is 16.4. The molecule has 2 heterocycles. The SMILES string of the molecule is O=C(N=C1S[C@H]2CS(=O)(=O)C[C@H]2N1Cc1ccc(Cl)cc1)C1CC1. The van der Waals surface area contributed by atoms with Crippen LogP contribution in [0.2, 0.25) is 5.02 Å². The number of aliphatic imine (C=N–C) groups is 1. The van der Waals surface area contributed by atoms with Gasteiger partial charge >= 0.3 is 0 Å². The minimum absolute atomic E-state index is 0.0342. The number of carbonyl (C=O) groups excluding carboxylic acids is 1. The zero-order valence-corrected chi connectivity index (χ0v) is 15.3. The summed E-state index contributed by atoms with van der Waals surface area (Å²) in [5.74, 6) is 0.298. The summed E-state index contributed by atoms with van der Waals surface area (Å²) in [6, 6.07) is 7.36. The molecule has 0 radical (unpaired) electrons. The van der Waals surface area contributed by atoms with Gasteiger partial charge in [0.15, 0.2) is 15.0 Å². The molecule has 2 atom stereocenters. The molecular formula is C16H17ClN2O3S2. The van der Waals surface area contributed by atoms with Crippen molar-refractivity contribution in [1.29, 1.82) is 0 Å². The quantitative estimate of drug-likeness (QED) is 0.800. The zero-order chi connectivity index (χ0) is 16.9. The number of hydrogen-bond donors (Lipinski definition) is 0. The van der Waals surface area contributed by atoms with Crippen molar-refractivity contribution in [2.45, 2.75) is 30.7 Å². The van der Waals surface area contributed by atoms with Crippen molar-refractivity contribution >= 4 is 44.3 Å². The Balaban J connectivity index is 1.61. The van der Waals surface area contributed by atoms with E-state index in [-0.39, 0.29) is 34.6 Å². The Morgan fingerprint density at radius 2 is 1.96 bits per heavy atom. The van der Waals surface area contributed by atoms with Crippen molar-refractivity contribution in [1.82, 2.24) is 4.90 Å². The molecule has 1 amide bonds. The molecular weight excluding hydrogens is 368 g/mol. The summed E-state index contributed by atoms with van der Waals surface area (Å²) >= 11 is 7.37. The van der Waals surface area contributed by atoms with Crippen molar-refractivity contribution in [2.75, 3.05) is 11.5 Å². The van der Waals surface area contributed by atoms with E-state index in [1.54, 1.807) is 0 Å². The van der Waals surface area contributed by atoms with E-state index >= 15 is 0 Å². The Kier molecular flexibility index (Phi) is 4.13. The van der Waals surface area contributed by atoms with Gasteiger partial charge < -0.3 is 4.90 Å². The van der Waals surface area contributed by atoms with E-state index in [9.17, 15) is 13.2 Å². The molecule has 5 nitrogen and oxygen atoms in total. The lowest BCUT2D eigenvalue weighted by Crippen LogP contribution is -2.37. The van der Waals surface area contributed by atoms with Gasteiger partial charge in [-0.05, 0) is 30.5 Å². The van der Waals surface area contributed by atoms with Gasteiger partial charge in [0.05, 0.1) is 17.5 Å². The second-order valence-corrected chi connectivity index (χ2v) is 10.4. The molecule has 0 spiro atoms. The Morgan fingerprint density at radius 3 is 2.62 bits per heavy atom. The first-order valence-corrected chi connectivity index (χ1v) is 11.0. The van der Waals surface area contributed by atoms with Gasteiger partial charge in [-0.3, -0.25) is 4.79 Å². The largest absolute Gasteiger partial charge is 0.342 e. The van der Waals surface area contributed by atoms with Crippen LogP contribution in [0, 0.1) is 5.92 Å². The van der Waals surface area contributed by atoms with Gasteiger partial charge in [0, 0.05) is 22.7 Å². The summed E-state index contributed by atoms with van der Waals surface area (Å²) in [6.07, 6.45) is 1.83. The van der Waals surface area contributed by atoms with Gasteiger partial charge in [-0.15, -0.1) is 0 Å². The van der Waals surface area contributed by atoms with Gasteiger partial charge in [-0.1, -0.05) is 35.5 Å². The van der Waals surface area contributed by atoms with Crippen molar-refractivity contribution in [3.05, 3.63) is 34.9 Å². The van der Waals surface area contributed by atoms with Crippen molar-refractivity contribution in [3.8, 4) is 0 Å². The van der Waals surface area contributed by atoms with Crippen LogP contribution in [-0.4, -0.2) is 47.2 Å². The lowest BCUT2D eigenvalue weighted by atomic mass is 10.1. The fourth-order valence-corrected chi connectivity index (χ4v) is 7.21. The summed E-state index contributed by atoms with van der Waals surface area (Å²) in [5, 5.41) is 1.30. The van der Waals surface area contributed by atoms with Gasteiger partial charge in [-0.2, -0.15) is 4.99 Å². The van der Waals surface area contributed by atoms with Crippen LogP contribution in [0.15, 0.2) is 29.3 Å². The number of benzene rings is 1. The predicted octanol–water partition coefficient (Wildman–Crippen LogP) is 2.35. The maximum Gasteiger partial charge on any atom is 0.251 e. The molecule has 1 aliphatic carbocycles. The van der Waals surface area contributed by atoms with Crippen LogP contribution >= 0.6 is 23.4 Å². The first-order valence-electron chi connectivity index (χ1n) is 7.92. The number of carbonyl (C=O) groups is 1. The molecule has 1 aromatic carbocycles. The maximum atomic E-state index is 12.1. The summed E-state index contributed by atoms with van der Waals surface area (Å²) in [4.78, 5) is 18.4. The highest BCUT2D eigenvalue weighted by molar-refractivity contribution is 8.15. The molecule has 24 heavy (non-hydrogen) atoms. The Labute approximate surface area is 150 Å². The number of rotatable bonds is 3. The molecule has 4 rings (SSSR count). The highest BCUT2D eigenvalue weighted by atomic mass is 35.5. The summed E-state index contributed by atoms with van der Waals surface area (Å²) in [6.45, 7) is 0.539. The second-order valence-electron chi connectivity index (χ2n) is 6.56. The highest BCUT2D eigenvalue weighted by Crippen LogP contribution is 2.40. The molecule has 1 saturated carbocycles. The number of hydrogen-bond acceptors (Lipinski definition) is 4. The Bertz CT molecular complexity index is 803. The molecule has 0 unspecified atom stereocenters. The van der Waals surface area contributed by atoms with E-state index in [0.29, 0.717) is 16.7 Å². The van der Waals surface area contributed by atoms with Crippen LogP contribution in [0.1, 0.15) is 18.4 Å². The fourth-order valence-electron chi connectivity index (χ4n) is 3.12. The second kappa shape index (κ2) is 6.04. The molecule has 0 bridgehead atoms. The summed E-state index contributed by atoms with van der Waals surface area (Å²) in [5.41, 5.74) is 1.02. The number of nitrogens with zero attached hydrogens (tertiary/aromatic N) is 2. The summed E-state index contributed by atoms with van der Waals surface area (Å²) in [7, 11) is -3.02. The van der Waals surface area contributed by atoms with E-state index in [4.69, 9.17) is 11.6 Å². The van der Waals surface area contributed by atoms with Crippen molar-refractivity contribution in [2.24, 2.45) is 10.9 Å². The molecule has 8 heteroatoms. The molecule has 2 aliphatic heterocycles. The molecule has 0 N–H and O–H groups in total. The van der Waals surface area contributed by atoms with E-state index in [1.807, 2.05) is 29.2 Å². The monoisotopic (exact) mass is 384 g/mol. The minimum atomic E-state index is -3.02. The van der Waals surface area contributed by atoms with Crippen LogP contribution in [0.4, 0.5) is 0 Å². The standard InChI is InChI=1S/C16H17ClN2O3S2/c17-12-5-1-10(2-6-12)7-19-13-8-24(21,22)9-14(13)23-16(19)18-15(20)11-3-4-11/h1-2,5-6,11,13-14H,3-4,7-9H2/t13-,14+/m1/s1. The molecule has 0 aromatic heterocycles. The fraction of sp³-hybridized carbons (Fsp3) is 0.500. The molecule has 1 aromatic rings. The van der Waals surface area contributed by atoms with Crippen LogP contribution < -0.4 is 0 Å². The molecule has 3 fully saturated rings. The van der Waals surface area contributed by atoms with Crippen LogP contribution in [0.3, 0.4) is 0 Å². The third kappa shape index (κ3) is 3.34. The van der Waals surface area contributed by atoms with Crippen LogP contribution in [0.5, 0.6) is 0 Å². The topological polar surface area (TPSA) is 66.8 Å². The first-order chi connectivity index (χ1) is 11.4. The molecule has 2 saturated heterocycles. The molecule has 128 valence electrons. The third-order valence-corrected chi connectivity index (χ3v) is 8.07. The van der Waals surface area contributed by atoms with E-state index in [2.05, 4.69) is 4.99 Å². The average molecular weight is 385 g/mol. The van der Waals surface area contributed by atoms with Gasteiger partial charge in [0.25, 0.3) is 5.91 Å². The van der Waals surface area contributed by atoms with Gasteiger partial charge in [0.2, 0.25) is 0 Å². The van der Waals surface area contributed by atoms with E-state index in [0.717, 1.165) is 18.4 Å². The number of fused-ring (bicyclic) bond motifs is 1. The smallest absolute Gasteiger partial charge is 0.251 e.